The third-order valence-corrected chi connectivity index (χ3v) is 3.84. The molecule has 0 aliphatic carbocycles. The highest BCUT2D eigenvalue weighted by Crippen LogP contribution is 2.20. The van der Waals surface area contributed by atoms with Crippen LogP contribution in [0.15, 0.2) is 24.3 Å². The molecule has 92 valence electrons. The molecule has 1 aliphatic heterocycles. The Morgan fingerprint density at radius 3 is 3.00 bits per heavy atom. The number of hydrogen-bond acceptors (Lipinski definition) is 2. The maximum Gasteiger partial charge on any atom is 0.320 e. The maximum absolute atomic E-state index is 11.2. The predicted octanol–water partition coefficient (Wildman–Crippen LogP) is 2.73. The number of likely N-dealkylation sites (tertiary alicyclic amines) is 1. The van der Waals surface area contributed by atoms with Gasteiger partial charge in [-0.25, -0.2) is 0 Å². The number of hydrogen-bond donors (Lipinski definition) is 1. The highest BCUT2D eigenvalue weighted by Gasteiger charge is 2.28. The molecule has 0 bridgehead atoms. The Balaban J connectivity index is 2.08. The van der Waals surface area contributed by atoms with Gasteiger partial charge in [-0.15, -0.1) is 0 Å². The highest BCUT2D eigenvalue weighted by molar-refractivity contribution is 14.1. The SMILES string of the molecule is O=C(O)C1CCCCN1Cc1cccc(I)c1. The summed E-state index contributed by atoms with van der Waals surface area (Å²) in [5, 5.41) is 9.20. The largest absolute Gasteiger partial charge is 0.480 e. The minimum atomic E-state index is -0.685. The molecule has 17 heavy (non-hydrogen) atoms. The first kappa shape index (κ1) is 12.8. The number of rotatable bonds is 3. The highest BCUT2D eigenvalue weighted by atomic mass is 127. The zero-order chi connectivity index (χ0) is 12.3. The second-order valence-electron chi connectivity index (χ2n) is 4.45. The average Bonchev–Trinajstić information content (AvgIpc) is 2.29. The van der Waals surface area contributed by atoms with Gasteiger partial charge in [0.2, 0.25) is 0 Å². The number of carboxylic acid groups (broad SMARTS) is 1. The summed E-state index contributed by atoms with van der Waals surface area (Å²) in [5.41, 5.74) is 1.20. The molecule has 0 radical (unpaired) electrons. The van der Waals surface area contributed by atoms with Crippen molar-refractivity contribution in [3.8, 4) is 0 Å². The topological polar surface area (TPSA) is 40.5 Å². The number of piperidine rings is 1. The summed E-state index contributed by atoms with van der Waals surface area (Å²) >= 11 is 2.28. The summed E-state index contributed by atoms with van der Waals surface area (Å²) in [5.74, 6) is -0.685. The molecule has 0 spiro atoms. The van der Waals surface area contributed by atoms with Crippen molar-refractivity contribution in [3.05, 3.63) is 33.4 Å². The Morgan fingerprint density at radius 2 is 2.29 bits per heavy atom. The molecule has 1 heterocycles. The normalized spacial score (nSPS) is 21.4. The van der Waals surface area contributed by atoms with Crippen molar-refractivity contribution < 1.29 is 9.90 Å². The van der Waals surface area contributed by atoms with Gasteiger partial charge in [0.05, 0.1) is 0 Å². The number of benzene rings is 1. The van der Waals surface area contributed by atoms with Crippen molar-refractivity contribution in [1.29, 1.82) is 0 Å². The lowest BCUT2D eigenvalue weighted by atomic mass is 10.0. The summed E-state index contributed by atoms with van der Waals surface area (Å²) in [4.78, 5) is 13.3. The number of carbonyl (C=O) groups is 1. The van der Waals surface area contributed by atoms with Gasteiger partial charge in [0.1, 0.15) is 6.04 Å². The summed E-state index contributed by atoms with van der Waals surface area (Å²) in [6.45, 7) is 1.64. The molecule has 1 aliphatic rings. The molecule has 1 saturated heterocycles. The summed E-state index contributed by atoms with van der Waals surface area (Å²) in [6.07, 6.45) is 2.91. The Morgan fingerprint density at radius 1 is 1.47 bits per heavy atom. The average molecular weight is 345 g/mol. The molecule has 1 unspecified atom stereocenters. The van der Waals surface area contributed by atoms with E-state index in [9.17, 15) is 9.90 Å². The fourth-order valence-corrected chi connectivity index (χ4v) is 2.94. The summed E-state index contributed by atoms with van der Waals surface area (Å²) in [6, 6.07) is 7.96. The van der Waals surface area contributed by atoms with E-state index in [0.717, 1.165) is 32.4 Å². The van der Waals surface area contributed by atoms with Gasteiger partial charge >= 0.3 is 5.97 Å². The first-order valence-corrected chi connectivity index (χ1v) is 6.96. The van der Waals surface area contributed by atoms with E-state index in [1.165, 1.54) is 9.13 Å². The van der Waals surface area contributed by atoms with Crippen LogP contribution in [0.4, 0.5) is 0 Å². The van der Waals surface area contributed by atoms with Crippen LogP contribution in [0.1, 0.15) is 24.8 Å². The van der Waals surface area contributed by atoms with Crippen LogP contribution in [0, 0.1) is 3.57 Å². The number of nitrogens with zero attached hydrogens (tertiary/aromatic N) is 1. The van der Waals surface area contributed by atoms with Crippen molar-refractivity contribution in [1.82, 2.24) is 4.90 Å². The molecule has 0 aromatic heterocycles. The Bertz CT molecular complexity index is 408. The molecule has 0 saturated carbocycles. The molecule has 1 aromatic carbocycles. The van der Waals surface area contributed by atoms with E-state index in [-0.39, 0.29) is 6.04 Å². The van der Waals surface area contributed by atoms with Crippen LogP contribution in [-0.4, -0.2) is 28.6 Å². The van der Waals surface area contributed by atoms with E-state index in [1.54, 1.807) is 0 Å². The lowest BCUT2D eigenvalue weighted by Gasteiger charge is -2.32. The predicted molar refractivity (Wildman–Crippen MR) is 74.8 cm³/mol. The lowest BCUT2D eigenvalue weighted by Crippen LogP contribution is -2.43. The second-order valence-corrected chi connectivity index (χ2v) is 5.70. The maximum atomic E-state index is 11.2. The molecule has 0 amide bonds. The van der Waals surface area contributed by atoms with Crippen molar-refractivity contribution >= 4 is 28.6 Å². The van der Waals surface area contributed by atoms with Gasteiger partial charge in [-0.05, 0) is 59.7 Å². The van der Waals surface area contributed by atoms with Crippen LogP contribution in [-0.2, 0) is 11.3 Å². The zero-order valence-corrected chi connectivity index (χ0v) is 11.8. The number of aliphatic carboxylic acids is 1. The molecular weight excluding hydrogens is 329 g/mol. The van der Waals surface area contributed by atoms with Crippen molar-refractivity contribution in [2.75, 3.05) is 6.54 Å². The van der Waals surface area contributed by atoms with Crippen LogP contribution >= 0.6 is 22.6 Å². The van der Waals surface area contributed by atoms with Gasteiger partial charge in [0.15, 0.2) is 0 Å². The minimum Gasteiger partial charge on any atom is -0.480 e. The molecule has 1 N–H and O–H groups in total. The molecule has 1 atom stereocenters. The molecule has 1 aromatic rings. The van der Waals surface area contributed by atoms with Gasteiger partial charge in [0, 0.05) is 10.1 Å². The second kappa shape index (κ2) is 5.82. The zero-order valence-electron chi connectivity index (χ0n) is 9.60. The Kier molecular flexibility index (Phi) is 4.39. The standard InChI is InChI=1S/C13H16INO2/c14-11-5-3-4-10(8-11)9-15-7-2-1-6-12(15)13(16)17/h3-5,8,12H,1-2,6-7,9H2,(H,16,17). The molecule has 1 fully saturated rings. The minimum absolute atomic E-state index is 0.304. The monoisotopic (exact) mass is 345 g/mol. The van der Waals surface area contributed by atoms with Crippen LogP contribution in [0.3, 0.4) is 0 Å². The molecule has 2 rings (SSSR count). The first-order valence-electron chi connectivity index (χ1n) is 5.88. The number of carboxylic acids is 1. The van der Waals surface area contributed by atoms with E-state index >= 15 is 0 Å². The van der Waals surface area contributed by atoms with Crippen LogP contribution < -0.4 is 0 Å². The summed E-state index contributed by atoms with van der Waals surface area (Å²) in [7, 11) is 0. The van der Waals surface area contributed by atoms with Crippen molar-refractivity contribution in [2.45, 2.75) is 31.8 Å². The molecule has 4 heteroatoms. The third-order valence-electron chi connectivity index (χ3n) is 3.17. The van der Waals surface area contributed by atoms with Crippen LogP contribution in [0.5, 0.6) is 0 Å². The quantitative estimate of drug-likeness (QED) is 0.857. The summed E-state index contributed by atoms with van der Waals surface area (Å²) < 4.78 is 1.20. The molecule has 3 nitrogen and oxygen atoms in total. The molecular formula is C13H16INO2. The lowest BCUT2D eigenvalue weighted by molar-refractivity contribution is -0.144. The van der Waals surface area contributed by atoms with Crippen LogP contribution in [0.2, 0.25) is 0 Å². The van der Waals surface area contributed by atoms with E-state index in [4.69, 9.17) is 0 Å². The van der Waals surface area contributed by atoms with Crippen LogP contribution in [0.25, 0.3) is 0 Å². The van der Waals surface area contributed by atoms with E-state index in [0.29, 0.717) is 0 Å². The first-order chi connectivity index (χ1) is 8.16. The van der Waals surface area contributed by atoms with Gasteiger partial charge in [-0.2, -0.15) is 0 Å². The van der Waals surface area contributed by atoms with Gasteiger partial charge in [-0.3, -0.25) is 9.69 Å². The van der Waals surface area contributed by atoms with Crippen molar-refractivity contribution in [2.24, 2.45) is 0 Å². The van der Waals surface area contributed by atoms with E-state index in [1.807, 2.05) is 6.07 Å². The van der Waals surface area contributed by atoms with Crippen molar-refractivity contribution in [3.63, 3.8) is 0 Å². The Hall–Kier alpha value is -0.620. The van der Waals surface area contributed by atoms with Gasteiger partial charge < -0.3 is 5.11 Å². The van der Waals surface area contributed by atoms with Gasteiger partial charge in [-0.1, -0.05) is 18.6 Å². The van der Waals surface area contributed by atoms with E-state index in [2.05, 4.69) is 45.7 Å². The fourth-order valence-electron chi connectivity index (χ4n) is 2.33. The van der Waals surface area contributed by atoms with E-state index < -0.39 is 5.97 Å². The fraction of sp³-hybridized carbons (Fsp3) is 0.462. The third kappa shape index (κ3) is 3.42. The smallest absolute Gasteiger partial charge is 0.320 e. The Labute approximate surface area is 115 Å². The number of halogens is 1. The van der Waals surface area contributed by atoms with Gasteiger partial charge in [0.25, 0.3) is 0 Å².